The summed E-state index contributed by atoms with van der Waals surface area (Å²) in [5.41, 5.74) is 0.789. The molecule has 0 radical (unpaired) electrons. The lowest BCUT2D eigenvalue weighted by Gasteiger charge is -2.14. The van der Waals surface area contributed by atoms with Gasteiger partial charge in [-0.25, -0.2) is 0 Å². The molecule has 1 aliphatic carbocycles. The monoisotopic (exact) mass is 236 g/mol. The summed E-state index contributed by atoms with van der Waals surface area (Å²) in [6.07, 6.45) is 1.98. The van der Waals surface area contributed by atoms with E-state index in [9.17, 15) is 9.90 Å². The third-order valence-corrected chi connectivity index (χ3v) is 3.13. The van der Waals surface area contributed by atoms with E-state index in [1.165, 1.54) is 0 Å². The zero-order chi connectivity index (χ0) is 12.4. The minimum Gasteiger partial charge on any atom is -0.493 e. The fourth-order valence-corrected chi connectivity index (χ4v) is 2.09. The second-order valence-corrected chi connectivity index (χ2v) is 4.27. The molecule has 0 heterocycles. The molecule has 1 fully saturated rings. The predicted octanol–water partition coefficient (Wildman–Crippen LogP) is 2.28. The van der Waals surface area contributed by atoms with Crippen molar-refractivity contribution in [1.29, 1.82) is 0 Å². The van der Waals surface area contributed by atoms with Gasteiger partial charge in [-0.1, -0.05) is 6.07 Å². The van der Waals surface area contributed by atoms with Gasteiger partial charge in [-0.2, -0.15) is 0 Å². The SMILES string of the molecule is COc1ccc(C(C(=O)O)C2CC2)cc1OC. The summed E-state index contributed by atoms with van der Waals surface area (Å²) < 4.78 is 10.3. The van der Waals surface area contributed by atoms with Gasteiger partial charge in [0.1, 0.15) is 0 Å². The van der Waals surface area contributed by atoms with Crippen molar-refractivity contribution in [3.05, 3.63) is 23.8 Å². The molecule has 2 rings (SSSR count). The largest absolute Gasteiger partial charge is 0.493 e. The maximum absolute atomic E-state index is 11.3. The van der Waals surface area contributed by atoms with Gasteiger partial charge in [0, 0.05) is 0 Å². The van der Waals surface area contributed by atoms with E-state index in [2.05, 4.69) is 0 Å². The molecule has 4 nitrogen and oxygen atoms in total. The van der Waals surface area contributed by atoms with E-state index in [-0.39, 0.29) is 5.92 Å². The Hall–Kier alpha value is -1.71. The fourth-order valence-electron chi connectivity index (χ4n) is 2.09. The number of aliphatic carboxylic acids is 1. The molecule has 0 spiro atoms. The van der Waals surface area contributed by atoms with Crippen molar-refractivity contribution in [2.24, 2.45) is 5.92 Å². The lowest BCUT2D eigenvalue weighted by Crippen LogP contribution is -2.13. The van der Waals surface area contributed by atoms with E-state index >= 15 is 0 Å². The number of hydrogen-bond donors (Lipinski definition) is 1. The Morgan fingerprint density at radius 3 is 2.41 bits per heavy atom. The van der Waals surface area contributed by atoms with Gasteiger partial charge in [0.2, 0.25) is 0 Å². The van der Waals surface area contributed by atoms with Crippen molar-refractivity contribution in [2.45, 2.75) is 18.8 Å². The molecule has 1 N–H and O–H groups in total. The van der Waals surface area contributed by atoms with Crippen LogP contribution in [0, 0.1) is 5.92 Å². The Balaban J connectivity index is 2.34. The van der Waals surface area contributed by atoms with Gasteiger partial charge in [0.15, 0.2) is 11.5 Å². The summed E-state index contributed by atoms with van der Waals surface area (Å²) in [6.45, 7) is 0. The van der Waals surface area contributed by atoms with Crippen LogP contribution in [0.2, 0.25) is 0 Å². The van der Waals surface area contributed by atoms with Crippen LogP contribution in [0.5, 0.6) is 11.5 Å². The first-order valence-corrected chi connectivity index (χ1v) is 5.62. The average Bonchev–Trinajstić information content (AvgIpc) is 3.13. The third-order valence-electron chi connectivity index (χ3n) is 3.13. The summed E-state index contributed by atoms with van der Waals surface area (Å²) in [5.74, 6) is 0.285. The van der Waals surface area contributed by atoms with Gasteiger partial charge in [-0.15, -0.1) is 0 Å². The average molecular weight is 236 g/mol. The maximum Gasteiger partial charge on any atom is 0.311 e. The molecule has 1 aromatic rings. The molecule has 0 aliphatic heterocycles. The highest BCUT2D eigenvalue weighted by Crippen LogP contribution is 2.44. The van der Waals surface area contributed by atoms with Crippen molar-refractivity contribution < 1.29 is 19.4 Å². The van der Waals surface area contributed by atoms with Crippen LogP contribution in [-0.4, -0.2) is 25.3 Å². The molecule has 1 atom stereocenters. The van der Waals surface area contributed by atoms with E-state index in [1.54, 1.807) is 32.4 Å². The quantitative estimate of drug-likeness (QED) is 0.852. The van der Waals surface area contributed by atoms with E-state index in [0.29, 0.717) is 11.5 Å². The summed E-state index contributed by atoms with van der Waals surface area (Å²) in [6, 6.07) is 5.32. The van der Waals surface area contributed by atoms with Crippen LogP contribution in [-0.2, 0) is 4.79 Å². The lowest BCUT2D eigenvalue weighted by atomic mass is 9.94. The number of ether oxygens (including phenoxy) is 2. The summed E-state index contributed by atoms with van der Waals surface area (Å²) >= 11 is 0. The molecule has 0 bridgehead atoms. The van der Waals surface area contributed by atoms with Crippen LogP contribution in [0.1, 0.15) is 24.3 Å². The van der Waals surface area contributed by atoms with Crippen LogP contribution < -0.4 is 9.47 Å². The normalized spacial score (nSPS) is 16.4. The van der Waals surface area contributed by atoms with E-state index < -0.39 is 11.9 Å². The number of methoxy groups -OCH3 is 2. The zero-order valence-electron chi connectivity index (χ0n) is 9.97. The lowest BCUT2D eigenvalue weighted by molar-refractivity contribution is -0.139. The van der Waals surface area contributed by atoms with Crippen molar-refractivity contribution >= 4 is 5.97 Å². The first kappa shape index (κ1) is 11.8. The van der Waals surface area contributed by atoms with Gasteiger partial charge < -0.3 is 14.6 Å². The molecule has 0 aromatic heterocycles. The highest BCUT2D eigenvalue weighted by atomic mass is 16.5. The van der Waals surface area contributed by atoms with Crippen molar-refractivity contribution in [3.63, 3.8) is 0 Å². The molecular formula is C13H16O4. The Kier molecular flexibility index (Phi) is 3.22. The van der Waals surface area contributed by atoms with E-state index in [0.717, 1.165) is 18.4 Å². The summed E-state index contributed by atoms with van der Waals surface area (Å²) in [4.78, 5) is 11.3. The Labute approximate surface area is 100 Å². The highest BCUT2D eigenvalue weighted by Gasteiger charge is 2.37. The van der Waals surface area contributed by atoms with Crippen molar-refractivity contribution in [1.82, 2.24) is 0 Å². The number of hydrogen-bond acceptors (Lipinski definition) is 3. The molecule has 92 valence electrons. The first-order valence-electron chi connectivity index (χ1n) is 5.62. The minimum atomic E-state index is -0.764. The van der Waals surface area contributed by atoms with Crippen LogP contribution in [0.25, 0.3) is 0 Å². The first-order chi connectivity index (χ1) is 8.17. The number of rotatable bonds is 5. The van der Waals surface area contributed by atoms with E-state index in [1.807, 2.05) is 0 Å². The smallest absolute Gasteiger partial charge is 0.311 e. The van der Waals surface area contributed by atoms with Crippen LogP contribution >= 0.6 is 0 Å². The summed E-state index contributed by atoms with van der Waals surface area (Å²) in [7, 11) is 3.11. The molecular weight excluding hydrogens is 220 g/mol. The molecule has 4 heteroatoms. The molecule has 0 saturated heterocycles. The van der Waals surface area contributed by atoms with Gasteiger partial charge in [-0.05, 0) is 36.5 Å². The number of carbonyl (C=O) groups is 1. The Morgan fingerprint density at radius 2 is 1.94 bits per heavy atom. The Morgan fingerprint density at radius 1 is 1.29 bits per heavy atom. The van der Waals surface area contributed by atoms with Crippen LogP contribution in [0.4, 0.5) is 0 Å². The van der Waals surface area contributed by atoms with Crippen molar-refractivity contribution in [2.75, 3.05) is 14.2 Å². The summed E-state index contributed by atoms with van der Waals surface area (Å²) in [5, 5.41) is 9.26. The predicted molar refractivity (Wildman–Crippen MR) is 62.6 cm³/mol. The second kappa shape index (κ2) is 4.65. The molecule has 1 unspecified atom stereocenters. The fraction of sp³-hybridized carbons (Fsp3) is 0.462. The molecule has 1 aliphatic rings. The molecule has 17 heavy (non-hydrogen) atoms. The van der Waals surface area contributed by atoms with Gasteiger partial charge in [0.25, 0.3) is 0 Å². The highest BCUT2D eigenvalue weighted by molar-refractivity contribution is 5.77. The number of carboxylic acids is 1. The zero-order valence-corrected chi connectivity index (χ0v) is 9.97. The third kappa shape index (κ3) is 2.35. The maximum atomic E-state index is 11.3. The topological polar surface area (TPSA) is 55.8 Å². The molecule has 0 amide bonds. The van der Waals surface area contributed by atoms with Gasteiger partial charge in [-0.3, -0.25) is 4.79 Å². The Bertz CT molecular complexity index is 423. The van der Waals surface area contributed by atoms with E-state index in [4.69, 9.17) is 9.47 Å². The van der Waals surface area contributed by atoms with Crippen LogP contribution in [0.3, 0.4) is 0 Å². The van der Waals surface area contributed by atoms with Gasteiger partial charge in [0.05, 0.1) is 20.1 Å². The van der Waals surface area contributed by atoms with Gasteiger partial charge >= 0.3 is 5.97 Å². The molecule has 1 aromatic carbocycles. The van der Waals surface area contributed by atoms with Crippen molar-refractivity contribution in [3.8, 4) is 11.5 Å². The van der Waals surface area contributed by atoms with Crippen LogP contribution in [0.15, 0.2) is 18.2 Å². The molecule has 1 saturated carbocycles. The number of benzene rings is 1. The number of carboxylic acid groups (broad SMARTS) is 1. The minimum absolute atomic E-state index is 0.269. The standard InChI is InChI=1S/C13H16O4/c1-16-10-6-5-9(7-11(10)17-2)12(13(14)15)8-3-4-8/h5-8,12H,3-4H2,1-2H3,(H,14,15). The second-order valence-electron chi connectivity index (χ2n) is 4.27.